The maximum atomic E-state index is 11.8. The Morgan fingerprint density at radius 1 is 1.13 bits per heavy atom. The van der Waals surface area contributed by atoms with Gasteiger partial charge in [-0.25, -0.2) is 0 Å². The maximum absolute atomic E-state index is 11.8. The summed E-state index contributed by atoms with van der Waals surface area (Å²) < 4.78 is 0. The van der Waals surface area contributed by atoms with Gasteiger partial charge in [-0.3, -0.25) is 4.79 Å². The third kappa shape index (κ3) is 3.19. The predicted molar refractivity (Wildman–Crippen MR) is 64.1 cm³/mol. The van der Waals surface area contributed by atoms with Gasteiger partial charge >= 0.3 is 0 Å². The molecule has 0 saturated heterocycles. The molecule has 0 bridgehead atoms. The molecule has 0 saturated carbocycles. The van der Waals surface area contributed by atoms with Crippen molar-refractivity contribution in [3.05, 3.63) is 34.9 Å². The van der Waals surface area contributed by atoms with Gasteiger partial charge in [0.15, 0.2) is 0 Å². The van der Waals surface area contributed by atoms with Crippen LogP contribution in [0.4, 0.5) is 0 Å². The molecule has 1 aromatic carbocycles. The van der Waals surface area contributed by atoms with Gasteiger partial charge in [0.1, 0.15) is 5.78 Å². The summed E-state index contributed by atoms with van der Waals surface area (Å²) in [7, 11) is 0. The molecule has 0 aliphatic carbocycles. The van der Waals surface area contributed by atoms with Crippen LogP contribution in [0.15, 0.2) is 18.2 Å². The van der Waals surface area contributed by atoms with E-state index in [0.717, 1.165) is 5.56 Å². The van der Waals surface area contributed by atoms with Gasteiger partial charge in [-0.1, -0.05) is 39.0 Å². The Morgan fingerprint density at radius 2 is 1.73 bits per heavy atom. The Kier molecular flexibility index (Phi) is 3.33. The third-order valence-electron chi connectivity index (χ3n) is 2.77. The highest BCUT2D eigenvalue weighted by Gasteiger charge is 2.20. The summed E-state index contributed by atoms with van der Waals surface area (Å²) in [4.78, 5) is 11.8. The van der Waals surface area contributed by atoms with Gasteiger partial charge in [0.2, 0.25) is 0 Å². The van der Waals surface area contributed by atoms with E-state index in [1.807, 2.05) is 26.8 Å². The molecule has 0 aliphatic rings. The van der Waals surface area contributed by atoms with Crippen LogP contribution in [0.1, 0.15) is 37.5 Å². The van der Waals surface area contributed by atoms with Gasteiger partial charge in [0.05, 0.1) is 0 Å². The summed E-state index contributed by atoms with van der Waals surface area (Å²) >= 11 is 0. The van der Waals surface area contributed by atoms with Crippen LogP contribution in [-0.2, 0) is 11.2 Å². The molecule has 0 heterocycles. The Labute approximate surface area is 92.5 Å². The minimum absolute atomic E-state index is 0.237. The Balaban J connectivity index is 2.83. The molecule has 0 aromatic heterocycles. The first kappa shape index (κ1) is 12.0. The number of benzene rings is 1. The average molecular weight is 204 g/mol. The minimum atomic E-state index is -0.237. The summed E-state index contributed by atoms with van der Waals surface area (Å²) in [6, 6.07) is 6.24. The van der Waals surface area contributed by atoms with Crippen molar-refractivity contribution in [1.29, 1.82) is 0 Å². The normalized spacial score (nSPS) is 11.5. The fraction of sp³-hybridized carbons (Fsp3) is 0.500. The van der Waals surface area contributed by atoms with Crippen molar-refractivity contribution in [2.24, 2.45) is 5.41 Å². The number of rotatable bonds is 2. The zero-order valence-electron chi connectivity index (χ0n) is 10.3. The molecule has 0 spiro atoms. The van der Waals surface area contributed by atoms with E-state index in [1.54, 1.807) is 0 Å². The first-order valence-electron chi connectivity index (χ1n) is 5.40. The Morgan fingerprint density at radius 3 is 2.20 bits per heavy atom. The van der Waals surface area contributed by atoms with E-state index in [4.69, 9.17) is 0 Å². The fourth-order valence-corrected chi connectivity index (χ4v) is 1.36. The first-order chi connectivity index (χ1) is 6.80. The van der Waals surface area contributed by atoms with E-state index in [2.05, 4.69) is 26.0 Å². The number of hydrogen-bond donors (Lipinski definition) is 0. The number of Topliss-reactive ketones (excluding diaryl/α,β-unsaturated/α-hetero) is 1. The molecular weight excluding hydrogens is 184 g/mol. The van der Waals surface area contributed by atoms with Crippen LogP contribution in [0, 0.1) is 19.3 Å². The van der Waals surface area contributed by atoms with Crippen molar-refractivity contribution in [3.63, 3.8) is 0 Å². The Bertz CT molecular complexity index is 369. The lowest BCUT2D eigenvalue weighted by molar-refractivity contribution is -0.125. The number of carbonyl (C=O) groups is 1. The van der Waals surface area contributed by atoms with Crippen molar-refractivity contribution in [2.45, 2.75) is 41.0 Å². The summed E-state index contributed by atoms with van der Waals surface area (Å²) in [6.07, 6.45) is 0.546. The zero-order chi connectivity index (χ0) is 11.6. The number of ketones is 1. The highest BCUT2D eigenvalue weighted by Crippen LogP contribution is 2.19. The van der Waals surface area contributed by atoms with Crippen molar-refractivity contribution in [1.82, 2.24) is 0 Å². The Hall–Kier alpha value is -1.11. The van der Waals surface area contributed by atoms with E-state index in [-0.39, 0.29) is 5.41 Å². The molecule has 1 nitrogen and oxygen atoms in total. The molecule has 1 rings (SSSR count). The third-order valence-corrected chi connectivity index (χ3v) is 2.77. The van der Waals surface area contributed by atoms with Gasteiger partial charge in [0, 0.05) is 11.8 Å². The second-order valence-electron chi connectivity index (χ2n) is 5.27. The SMILES string of the molecule is Cc1ccc(CC(=O)C(C)(C)C)cc1C. The lowest BCUT2D eigenvalue weighted by Gasteiger charge is -2.16. The highest BCUT2D eigenvalue weighted by atomic mass is 16.1. The summed E-state index contributed by atoms with van der Waals surface area (Å²) in [5.41, 5.74) is 3.42. The number of aryl methyl sites for hydroxylation is 2. The molecule has 0 amide bonds. The van der Waals surface area contributed by atoms with Crippen LogP contribution in [0.25, 0.3) is 0 Å². The second kappa shape index (κ2) is 4.18. The molecule has 0 atom stereocenters. The van der Waals surface area contributed by atoms with Crippen LogP contribution in [0.2, 0.25) is 0 Å². The molecule has 1 heteroatoms. The number of hydrogen-bond acceptors (Lipinski definition) is 1. The van der Waals surface area contributed by atoms with Crippen molar-refractivity contribution < 1.29 is 4.79 Å². The molecule has 0 radical (unpaired) electrons. The van der Waals surface area contributed by atoms with Gasteiger partial charge in [0.25, 0.3) is 0 Å². The minimum Gasteiger partial charge on any atom is -0.299 e. The van der Waals surface area contributed by atoms with Crippen molar-refractivity contribution >= 4 is 5.78 Å². The van der Waals surface area contributed by atoms with Crippen molar-refractivity contribution in [2.75, 3.05) is 0 Å². The molecule has 15 heavy (non-hydrogen) atoms. The van der Waals surface area contributed by atoms with E-state index >= 15 is 0 Å². The summed E-state index contributed by atoms with van der Waals surface area (Å²) in [6.45, 7) is 10.1. The van der Waals surface area contributed by atoms with Gasteiger partial charge in [-0.05, 0) is 30.5 Å². The van der Waals surface area contributed by atoms with Crippen LogP contribution in [-0.4, -0.2) is 5.78 Å². The summed E-state index contributed by atoms with van der Waals surface area (Å²) in [5.74, 6) is 0.297. The van der Waals surface area contributed by atoms with E-state index in [1.165, 1.54) is 11.1 Å². The molecule has 0 unspecified atom stereocenters. The molecule has 0 N–H and O–H groups in total. The zero-order valence-corrected chi connectivity index (χ0v) is 10.3. The maximum Gasteiger partial charge on any atom is 0.142 e. The largest absolute Gasteiger partial charge is 0.299 e. The quantitative estimate of drug-likeness (QED) is 0.721. The van der Waals surface area contributed by atoms with Crippen LogP contribution in [0.5, 0.6) is 0 Å². The predicted octanol–water partition coefficient (Wildman–Crippen LogP) is 3.46. The van der Waals surface area contributed by atoms with Crippen molar-refractivity contribution in [3.8, 4) is 0 Å². The van der Waals surface area contributed by atoms with Gasteiger partial charge < -0.3 is 0 Å². The molecule has 1 aromatic rings. The van der Waals surface area contributed by atoms with Crippen LogP contribution in [0.3, 0.4) is 0 Å². The van der Waals surface area contributed by atoms with Crippen LogP contribution >= 0.6 is 0 Å². The summed E-state index contributed by atoms with van der Waals surface area (Å²) in [5, 5.41) is 0. The van der Waals surface area contributed by atoms with Crippen LogP contribution < -0.4 is 0 Å². The monoisotopic (exact) mass is 204 g/mol. The van der Waals surface area contributed by atoms with Gasteiger partial charge in [-0.2, -0.15) is 0 Å². The standard InChI is InChI=1S/C14H20O/c1-10-6-7-12(8-11(10)2)9-13(15)14(3,4)5/h6-8H,9H2,1-5H3. The lowest BCUT2D eigenvalue weighted by atomic mass is 9.87. The average Bonchev–Trinajstić information content (AvgIpc) is 2.10. The molecule has 0 fully saturated rings. The smallest absolute Gasteiger partial charge is 0.142 e. The molecule has 82 valence electrons. The fourth-order valence-electron chi connectivity index (χ4n) is 1.36. The highest BCUT2D eigenvalue weighted by molar-refractivity contribution is 5.85. The second-order valence-corrected chi connectivity index (χ2v) is 5.27. The lowest BCUT2D eigenvalue weighted by Crippen LogP contribution is -2.22. The topological polar surface area (TPSA) is 17.1 Å². The first-order valence-corrected chi connectivity index (χ1v) is 5.40. The van der Waals surface area contributed by atoms with E-state index in [9.17, 15) is 4.79 Å². The van der Waals surface area contributed by atoms with E-state index < -0.39 is 0 Å². The molecule has 0 aliphatic heterocycles. The van der Waals surface area contributed by atoms with E-state index in [0.29, 0.717) is 12.2 Å². The van der Waals surface area contributed by atoms with Gasteiger partial charge in [-0.15, -0.1) is 0 Å². The number of carbonyl (C=O) groups excluding carboxylic acids is 1. The molecular formula is C14H20O.